The number of Topliss-reactive ketones (excluding diaryl/α,β-unsaturated/α-hetero) is 1. The van der Waals surface area contributed by atoms with E-state index in [1.165, 1.54) is 62.4 Å². The summed E-state index contributed by atoms with van der Waals surface area (Å²) in [6, 6.07) is 13.5. The predicted octanol–water partition coefficient (Wildman–Crippen LogP) is 6.38. The molecule has 0 saturated carbocycles. The van der Waals surface area contributed by atoms with E-state index < -0.39 is 43.9 Å². The summed E-state index contributed by atoms with van der Waals surface area (Å²) in [4.78, 5) is 13.3. The van der Waals surface area contributed by atoms with Crippen LogP contribution in [0.25, 0.3) is 11.1 Å². The second-order valence-electron chi connectivity index (χ2n) is 8.68. The van der Waals surface area contributed by atoms with E-state index in [1.807, 2.05) is 0 Å². The summed E-state index contributed by atoms with van der Waals surface area (Å²) in [7, 11) is -6.19. The molecule has 0 saturated heterocycles. The molecule has 3 rings (SSSR count). The van der Waals surface area contributed by atoms with Crippen LogP contribution in [0.5, 0.6) is 0 Å². The zero-order valence-corrected chi connectivity index (χ0v) is 24.4. The summed E-state index contributed by atoms with van der Waals surface area (Å²) in [5.74, 6) is -3.14. The zero-order chi connectivity index (χ0) is 29.2. The number of alkyl halides is 2. The number of rotatable bonds is 11. The van der Waals surface area contributed by atoms with Crippen molar-refractivity contribution in [2.75, 3.05) is 18.6 Å². The number of hydrogen-bond acceptors (Lipinski definition) is 6. The number of carbonyl (C=O) groups is 1. The molecular formula is C27H26Cl2F2O6S2. The fourth-order valence-electron chi connectivity index (χ4n) is 4.02. The normalized spacial score (nSPS) is 13.3. The molecule has 3 aromatic carbocycles. The Bertz CT molecular complexity index is 1550. The Balaban J connectivity index is 1.94. The molecular weight excluding hydrogens is 593 g/mol. The van der Waals surface area contributed by atoms with Crippen molar-refractivity contribution in [2.24, 2.45) is 0 Å². The van der Waals surface area contributed by atoms with Crippen LogP contribution in [0, 0.1) is 0 Å². The molecule has 3 aromatic rings. The average Bonchev–Trinajstić information content (AvgIpc) is 2.89. The molecule has 0 fully saturated rings. The van der Waals surface area contributed by atoms with Crippen LogP contribution < -0.4 is 0 Å². The highest BCUT2D eigenvalue weighted by atomic mass is 35.5. The van der Waals surface area contributed by atoms with E-state index in [1.54, 1.807) is 12.1 Å². The van der Waals surface area contributed by atoms with Gasteiger partial charge in [-0.1, -0.05) is 61.3 Å². The topological polar surface area (TPSA) is 94.6 Å². The van der Waals surface area contributed by atoms with Gasteiger partial charge in [0.2, 0.25) is 0 Å². The van der Waals surface area contributed by atoms with E-state index in [0.29, 0.717) is 11.1 Å². The lowest BCUT2D eigenvalue weighted by Crippen LogP contribution is -2.35. The minimum atomic E-state index is -3.88. The smallest absolute Gasteiger partial charge is 0.323 e. The summed E-state index contributed by atoms with van der Waals surface area (Å²) >= 11 is 12.9. The molecule has 0 spiro atoms. The Hall–Kier alpha value is -2.37. The molecule has 210 valence electrons. The molecule has 0 aliphatic carbocycles. The van der Waals surface area contributed by atoms with Gasteiger partial charge in [-0.15, -0.1) is 0 Å². The molecule has 0 N–H and O–H groups in total. The van der Waals surface area contributed by atoms with Crippen LogP contribution in [0.1, 0.15) is 30.9 Å². The van der Waals surface area contributed by atoms with Crippen LogP contribution in [0.2, 0.25) is 10.0 Å². The van der Waals surface area contributed by atoms with Gasteiger partial charge in [-0.25, -0.2) is 16.8 Å². The van der Waals surface area contributed by atoms with Gasteiger partial charge in [0.25, 0.3) is 0 Å². The molecule has 0 aliphatic rings. The maximum atomic E-state index is 14.8. The first-order chi connectivity index (χ1) is 18.2. The maximum Gasteiger partial charge on any atom is 0.369 e. The minimum absolute atomic E-state index is 0.0461. The Kier molecular flexibility index (Phi) is 9.60. The van der Waals surface area contributed by atoms with Crippen LogP contribution in [-0.2, 0) is 35.6 Å². The number of ketones is 1. The van der Waals surface area contributed by atoms with E-state index in [2.05, 4.69) is 4.74 Å². The zero-order valence-electron chi connectivity index (χ0n) is 21.3. The van der Waals surface area contributed by atoms with Gasteiger partial charge in [0.1, 0.15) is 5.92 Å². The number of carbonyl (C=O) groups excluding carboxylic acids is 1. The first-order valence-corrected chi connectivity index (χ1v) is 15.8. The third-order valence-corrected chi connectivity index (χ3v) is 10.3. The Morgan fingerprint density at radius 3 is 1.69 bits per heavy atom. The molecule has 39 heavy (non-hydrogen) atoms. The second kappa shape index (κ2) is 12.0. The third-order valence-electron chi connectivity index (χ3n) is 6.25. The van der Waals surface area contributed by atoms with Crippen LogP contribution in [0.4, 0.5) is 8.78 Å². The van der Waals surface area contributed by atoms with Crippen molar-refractivity contribution in [3.8, 4) is 11.1 Å². The van der Waals surface area contributed by atoms with E-state index in [-0.39, 0.29) is 42.5 Å². The fraction of sp³-hybridized carbons (Fsp3) is 0.296. The molecule has 6 nitrogen and oxygen atoms in total. The van der Waals surface area contributed by atoms with Crippen LogP contribution >= 0.6 is 23.2 Å². The van der Waals surface area contributed by atoms with E-state index in [9.17, 15) is 30.4 Å². The molecule has 1 unspecified atom stereocenters. The third kappa shape index (κ3) is 6.86. The average molecular weight is 620 g/mol. The molecule has 0 radical (unpaired) electrons. The SMILES string of the molecule is CCS(=O)(=O)c1ccc(-c2c(Cl)cc(CC(=O)C(c3ccc(S(=O)(=O)CC)cc3)C(F)(F)OC)cc2Cl)cc1. The van der Waals surface area contributed by atoms with E-state index >= 15 is 0 Å². The van der Waals surface area contributed by atoms with E-state index in [0.717, 1.165) is 7.11 Å². The lowest BCUT2D eigenvalue weighted by Gasteiger charge is -2.25. The summed E-state index contributed by atoms with van der Waals surface area (Å²) in [6.45, 7) is 3.00. The first kappa shape index (κ1) is 31.2. The molecule has 0 aromatic heterocycles. The Morgan fingerprint density at radius 1 is 0.846 bits per heavy atom. The van der Waals surface area contributed by atoms with Crippen molar-refractivity contribution in [3.63, 3.8) is 0 Å². The molecule has 0 heterocycles. The van der Waals surface area contributed by atoms with Crippen molar-refractivity contribution < 1.29 is 35.1 Å². The van der Waals surface area contributed by atoms with E-state index in [4.69, 9.17) is 23.2 Å². The monoisotopic (exact) mass is 618 g/mol. The van der Waals surface area contributed by atoms with Crippen molar-refractivity contribution in [1.29, 1.82) is 0 Å². The highest BCUT2D eigenvalue weighted by Crippen LogP contribution is 2.39. The predicted molar refractivity (Wildman–Crippen MR) is 147 cm³/mol. The molecule has 1 atom stereocenters. The van der Waals surface area contributed by atoms with Crippen LogP contribution in [-0.4, -0.2) is 47.3 Å². The maximum absolute atomic E-state index is 14.8. The quantitative estimate of drug-likeness (QED) is 0.247. The minimum Gasteiger partial charge on any atom is -0.323 e. The van der Waals surface area contributed by atoms with Gasteiger partial charge in [0.05, 0.1) is 31.3 Å². The molecule has 12 heteroatoms. The van der Waals surface area contributed by atoms with Gasteiger partial charge in [-0.2, -0.15) is 8.78 Å². The van der Waals surface area contributed by atoms with Gasteiger partial charge >= 0.3 is 6.11 Å². The largest absolute Gasteiger partial charge is 0.369 e. The van der Waals surface area contributed by atoms with Crippen LogP contribution in [0.3, 0.4) is 0 Å². The molecule has 0 amide bonds. The number of hydrogen-bond donors (Lipinski definition) is 0. The highest BCUT2D eigenvalue weighted by molar-refractivity contribution is 7.91. The Labute approximate surface area is 236 Å². The number of ether oxygens (including phenoxy) is 1. The fourth-order valence-corrected chi connectivity index (χ4v) is 6.54. The summed E-state index contributed by atoms with van der Waals surface area (Å²) in [5, 5.41) is 0.279. The van der Waals surface area contributed by atoms with Gasteiger partial charge in [-0.3, -0.25) is 4.79 Å². The van der Waals surface area contributed by atoms with Crippen molar-refractivity contribution >= 4 is 48.7 Å². The van der Waals surface area contributed by atoms with Crippen molar-refractivity contribution in [3.05, 3.63) is 81.8 Å². The van der Waals surface area contributed by atoms with Crippen molar-refractivity contribution in [1.82, 2.24) is 0 Å². The number of benzene rings is 3. The summed E-state index contributed by atoms with van der Waals surface area (Å²) < 4.78 is 82.2. The summed E-state index contributed by atoms with van der Waals surface area (Å²) in [5.41, 5.74) is 1.08. The molecule has 0 aliphatic heterocycles. The second-order valence-corrected chi connectivity index (χ2v) is 14.0. The van der Waals surface area contributed by atoms with Gasteiger partial charge in [0.15, 0.2) is 25.5 Å². The lowest BCUT2D eigenvalue weighted by atomic mass is 9.89. The van der Waals surface area contributed by atoms with Gasteiger partial charge in [-0.05, 0) is 53.1 Å². The number of sulfone groups is 2. The lowest BCUT2D eigenvalue weighted by molar-refractivity contribution is -0.234. The standard InChI is InChI=1S/C27H26Cl2F2O6S2/c1-4-38(33,34)20-10-6-18(7-11-20)25-22(28)14-17(15-23(25)29)16-24(32)26(27(30,31)37-3)19-8-12-21(13-9-19)39(35,36)5-2/h6-15,26H,4-5,16H2,1-3H3. The summed E-state index contributed by atoms with van der Waals surface area (Å²) in [6.07, 6.45) is -4.34. The molecule has 0 bridgehead atoms. The Morgan fingerprint density at radius 2 is 1.28 bits per heavy atom. The van der Waals surface area contributed by atoms with Gasteiger partial charge in [0, 0.05) is 19.1 Å². The number of halogens is 4. The highest BCUT2D eigenvalue weighted by Gasteiger charge is 2.45. The number of methoxy groups -OCH3 is 1. The van der Waals surface area contributed by atoms with Crippen LogP contribution in [0.15, 0.2) is 70.5 Å². The van der Waals surface area contributed by atoms with Gasteiger partial charge < -0.3 is 4.74 Å². The first-order valence-electron chi connectivity index (χ1n) is 11.8. The van der Waals surface area contributed by atoms with Crippen molar-refractivity contribution in [2.45, 2.75) is 42.1 Å².